The topological polar surface area (TPSA) is 69.6 Å². The van der Waals surface area contributed by atoms with Gasteiger partial charge < -0.3 is 4.42 Å². The molecule has 0 aliphatic carbocycles. The van der Waals surface area contributed by atoms with E-state index >= 15 is 0 Å². The molecule has 21 heavy (non-hydrogen) atoms. The van der Waals surface area contributed by atoms with Gasteiger partial charge in [0.15, 0.2) is 0 Å². The summed E-state index contributed by atoms with van der Waals surface area (Å²) in [5, 5.41) is 17.2. The highest BCUT2D eigenvalue weighted by atomic mass is 32.2. The molecule has 108 valence electrons. The van der Waals surface area contributed by atoms with Crippen LogP contribution in [-0.2, 0) is 11.5 Å². The first-order valence-electron chi connectivity index (χ1n) is 6.26. The summed E-state index contributed by atoms with van der Waals surface area (Å²) < 4.78 is 5.50. The molecule has 0 bridgehead atoms. The second kappa shape index (κ2) is 6.77. The van der Waals surface area contributed by atoms with Crippen LogP contribution in [-0.4, -0.2) is 31.4 Å². The largest absolute Gasteiger partial charge is 0.415 e. The predicted molar refractivity (Wildman–Crippen MR) is 82.4 cm³/mol. The third kappa shape index (κ3) is 3.64. The van der Waals surface area contributed by atoms with E-state index in [2.05, 4.69) is 20.4 Å². The molecule has 1 aromatic carbocycles. The standard InChI is InChI=1S/C13H13N5OS2/c1-20-9-12-15-16-13(19-12)21-8-10-7-14-18(17-10)11-5-3-2-4-6-11/h2-7H,8-9H2,1H3. The molecule has 0 aliphatic heterocycles. The molecule has 0 fully saturated rings. The lowest BCUT2D eigenvalue weighted by Gasteiger charge is -1.97. The molecule has 0 unspecified atom stereocenters. The van der Waals surface area contributed by atoms with Gasteiger partial charge in [0.2, 0.25) is 5.89 Å². The Bertz CT molecular complexity index is 697. The van der Waals surface area contributed by atoms with Gasteiger partial charge in [-0.05, 0) is 18.4 Å². The highest BCUT2D eigenvalue weighted by Crippen LogP contribution is 2.21. The average molecular weight is 319 g/mol. The predicted octanol–water partition coefficient (Wildman–Crippen LogP) is 2.81. The van der Waals surface area contributed by atoms with Gasteiger partial charge in [0, 0.05) is 5.75 Å². The molecule has 6 nitrogen and oxygen atoms in total. The number of benzene rings is 1. The van der Waals surface area contributed by atoms with E-state index in [9.17, 15) is 0 Å². The molecule has 2 aromatic heterocycles. The molecule has 8 heteroatoms. The van der Waals surface area contributed by atoms with Crippen molar-refractivity contribution in [2.45, 2.75) is 16.7 Å². The zero-order chi connectivity index (χ0) is 14.5. The second-order valence-electron chi connectivity index (χ2n) is 4.14. The van der Waals surface area contributed by atoms with E-state index in [1.54, 1.807) is 22.8 Å². The van der Waals surface area contributed by atoms with Crippen molar-refractivity contribution in [3.05, 3.63) is 48.1 Å². The van der Waals surface area contributed by atoms with E-state index in [0.29, 0.717) is 16.9 Å². The fourth-order valence-corrected chi connectivity index (χ4v) is 2.68. The quantitative estimate of drug-likeness (QED) is 0.647. The Hall–Kier alpha value is -1.80. The maximum absolute atomic E-state index is 5.50. The van der Waals surface area contributed by atoms with Gasteiger partial charge in [0.1, 0.15) is 0 Å². The third-order valence-electron chi connectivity index (χ3n) is 2.59. The van der Waals surface area contributed by atoms with Crippen molar-refractivity contribution < 1.29 is 4.42 Å². The highest BCUT2D eigenvalue weighted by molar-refractivity contribution is 7.98. The van der Waals surface area contributed by atoms with Gasteiger partial charge in [-0.25, -0.2) is 0 Å². The number of thioether (sulfide) groups is 2. The van der Waals surface area contributed by atoms with Crippen molar-refractivity contribution in [2.75, 3.05) is 6.26 Å². The maximum atomic E-state index is 5.50. The molecule has 0 radical (unpaired) electrons. The van der Waals surface area contributed by atoms with Crippen molar-refractivity contribution in [3.63, 3.8) is 0 Å². The fourth-order valence-electron chi connectivity index (χ4n) is 1.66. The number of hydrogen-bond acceptors (Lipinski definition) is 7. The Labute approximate surface area is 130 Å². The number of rotatable bonds is 6. The molecule has 0 atom stereocenters. The van der Waals surface area contributed by atoms with Gasteiger partial charge in [0.05, 0.1) is 23.3 Å². The first-order valence-corrected chi connectivity index (χ1v) is 8.64. The van der Waals surface area contributed by atoms with Crippen LogP contribution in [0.15, 0.2) is 46.2 Å². The summed E-state index contributed by atoms with van der Waals surface area (Å²) in [4.78, 5) is 1.61. The van der Waals surface area contributed by atoms with Crippen molar-refractivity contribution in [2.24, 2.45) is 0 Å². The lowest BCUT2D eigenvalue weighted by molar-refractivity contribution is 0.426. The first-order chi connectivity index (χ1) is 10.3. The Morgan fingerprint density at radius 3 is 2.81 bits per heavy atom. The smallest absolute Gasteiger partial charge is 0.276 e. The molecule has 0 aliphatic rings. The zero-order valence-electron chi connectivity index (χ0n) is 11.3. The molecule has 0 amide bonds. The summed E-state index contributed by atoms with van der Waals surface area (Å²) in [6, 6.07) is 9.80. The van der Waals surface area contributed by atoms with Crippen LogP contribution in [0.1, 0.15) is 11.6 Å². The second-order valence-corrected chi connectivity index (χ2v) is 5.94. The summed E-state index contributed by atoms with van der Waals surface area (Å²) in [7, 11) is 0. The van der Waals surface area contributed by atoms with E-state index in [0.717, 1.165) is 17.1 Å². The minimum absolute atomic E-state index is 0.563. The van der Waals surface area contributed by atoms with Gasteiger partial charge in [-0.2, -0.15) is 26.8 Å². The summed E-state index contributed by atoms with van der Waals surface area (Å²) >= 11 is 3.12. The van der Waals surface area contributed by atoms with Crippen molar-refractivity contribution in [1.29, 1.82) is 0 Å². The molecule has 2 heterocycles. The van der Waals surface area contributed by atoms with E-state index < -0.39 is 0 Å². The minimum Gasteiger partial charge on any atom is -0.415 e. The SMILES string of the molecule is CSCc1nnc(SCc2cnn(-c3ccccc3)n2)o1. The molecule has 3 rings (SSSR count). The number of hydrogen-bond donors (Lipinski definition) is 0. The van der Waals surface area contributed by atoms with Crippen LogP contribution in [0, 0.1) is 0 Å². The van der Waals surface area contributed by atoms with Gasteiger partial charge >= 0.3 is 0 Å². The summed E-state index contributed by atoms with van der Waals surface area (Å²) in [5.41, 5.74) is 1.81. The van der Waals surface area contributed by atoms with Gasteiger partial charge in [-0.1, -0.05) is 30.0 Å². The highest BCUT2D eigenvalue weighted by Gasteiger charge is 2.08. The Kier molecular flexibility index (Phi) is 4.56. The van der Waals surface area contributed by atoms with Gasteiger partial charge in [-0.3, -0.25) is 0 Å². The summed E-state index contributed by atoms with van der Waals surface area (Å²) in [6.45, 7) is 0. The molecular formula is C13H13N5OS2. The third-order valence-corrected chi connectivity index (χ3v) is 3.97. The van der Waals surface area contributed by atoms with Crippen LogP contribution < -0.4 is 0 Å². The molecule has 3 aromatic rings. The monoisotopic (exact) mass is 319 g/mol. The van der Waals surface area contributed by atoms with Crippen LogP contribution in [0.2, 0.25) is 0 Å². The van der Waals surface area contributed by atoms with E-state index in [1.165, 1.54) is 11.8 Å². The summed E-state index contributed by atoms with van der Waals surface area (Å²) in [5.74, 6) is 2.03. The van der Waals surface area contributed by atoms with Crippen molar-refractivity contribution in [3.8, 4) is 5.69 Å². The van der Waals surface area contributed by atoms with Crippen LogP contribution in [0.25, 0.3) is 5.69 Å². The molecular weight excluding hydrogens is 306 g/mol. The van der Waals surface area contributed by atoms with Crippen molar-refractivity contribution in [1.82, 2.24) is 25.2 Å². The number of para-hydroxylation sites is 1. The normalized spacial score (nSPS) is 10.9. The van der Waals surface area contributed by atoms with Crippen molar-refractivity contribution >= 4 is 23.5 Å². The van der Waals surface area contributed by atoms with Gasteiger partial charge in [-0.15, -0.1) is 10.2 Å². The van der Waals surface area contributed by atoms with Crippen LogP contribution in [0.3, 0.4) is 0 Å². The van der Waals surface area contributed by atoms with E-state index in [-0.39, 0.29) is 0 Å². The number of aromatic nitrogens is 5. The Morgan fingerprint density at radius 2 is 2.00 bits per heavy atom. The lowest BCUT2D eigenvalue weighted by Crippen LogP contribution is -1.98. The zero-order valence-corrected chi connectivity index (χ0v) is 13.0. The lowest BCUT2D eigenvalue weighted by atomic mass is 10.3. The van der Waals surface area contributed by atoms with Crippen LogP contribution in [0.5, 0.6) is 0 Å². The van der Waals surface area contributed by atoms with E-state index in [1.807, 2.05) is 36.6 Å². The molecule has 0 spiro atoms. The fraction of sp³-hybridized carbons (Fsp3) is 0.231. The average Bonchev–Trinajstić information content (AvgIpc) is 3.16. The molecule has 0 N–H and O–H groups in total. The maximum Gasteiger partial charge on any atom is 0.276 e. The Morgan fingerprint density at radius 1 is 1.14 bits per heavy atom. The first kappa shape index (κ1) is 14.2. The molecule has 0 saturated carbocycles. The number of nitrogens with zero attached hydrogens (tertiary/aromatic N) is 5. The van der Waals surface area contributed by atoms with Crippen LogP contribution in [0.4, 0.5) is 0 Å². The van der Waals surface area contributed by atoms with Gasteiger partial charge in [0.25, 0.3) is 5.22 Å². The van der Waals surface area contributed by atoms with E-state index in [4.69, 9.17) is 4.42 Å². The minimum atomic E-state index is 0.563. The summed E-state index contributed by atoms with van der Waals surface area (Å²) in [6.07, 6.45) is 3.75. The molecule has 0 saturated heterocycles. The van der Waals surface area contributed by atoms with Crippen LogP contribution >= 0.6 is 23.5 Å². The Balaban J connectivity index is 1.62.